The zero-order chi connectivity index (χ0) is 76.2. The Labute approximate surface area is 676 Å². The average Bonchev–Trinajstić information content (AvgIpc) is 1.44. The van der Waals surface area contributed by atoms with Crippen LogP contribution < -0.4 is 57.1 Å². The second kappa shape index (κ2) is 26.2. The maximum Gasteiger partial charge on any atom is 0.256 e. The molecule has 5 aliphatic heterocycles. The van der Waals surface area contributed by atoms with E-state index < -0.39 is 5.41 Å². The van der Waals surface area contributed by atoms with E-state index in [9.17, 15) is 0 Å². The van der Waals surface area contributed by atoms with Gasteiger partial charge in [0.1, 0.15) is 11.5 Å². The van der Waals surface area contributed by atoms with E-state index in [1.165, 1.54) is 82.8 Å². The predicted molar refractivity (Wildman–Crippen MR) is 483 cm³/mol. The van der Waals surface area contributed by atoms with Crippen LogP contribution in [0.3, 0.4) is 0 Å². The van der Waals surface area contributed by atoms with E-state index >= 15 is 0 Å². The van der Waals surface area contributed by atoms with Gasteiger partial charge in [-0.15, -0.1) is 0 Å². The Balaban J connectivity index is 0.814. The van der Waals surface area contributed by atoms with E-state index in [-0.39, 0.29) is 18.8 Å². The average molecular weight is 1490 g/mol. The maximum atomic E-state index is 8.05. The van der Waals surface area contributed by atoms with Gasteiger partial charge in [0.2, 0.25) is 0 Å². The van der Waals surface area contributed by atoms with Crippen molar-refractivity contribution in [2.45, 2.75) is 41.4 Å². The van der Waals surface area contributed by atoms with Gasteiger partial charge in [0.15, 0.2) is 0 Å². The minimum Gasteiger partial charge on any atom is -0.458 e. The first-order valence-corrected chi connectivity index (χ1v) is 40.8. The summed E-state index contributed by atoms with van der Waals surface area (Å²) in [5.41, 5.74) is 37.4. The molecule has 115 heavy (non-hydrogen) atoms. The number of hydrogen-bond acceptors (Lipinski definition) is 6. The Kier molecular flexibility index (Phi) is 15.2. The van der Waals surface area contributed by atoms with Gasteiger partial charge in [0.05, 0.1) is 28.2 Å². The normalized spacial score (nSPS) is 13.7. The van der Waals surface area contributed by atoms with Crippen LogP contribution in [0.5, 0.6) is 11.5 Å². The number of benzene rings is 17. The molecule has 8 heteroatoms. The number of para-hydroxylation sites is 7. The molecule has 0 bridgehead atoms. The third-order valence-corrected chi connectivity index (χ3v) is 26.0. The van der Waals surface area contributed by atoms with E-state index in [4.69, 9.17) is 4.74 Å². The molecule has 1 aliphatic carbocycles. The van der Waals surface area contributed by atoms with Crippen LogP contribution in [0, 0.1) is 0 Å². The minimum atomic E-state index is -0.831. The van der Waals surface area contributed by atoms with Gasteiger partial charge in [-0.25, -0.2) is 0 Å². The van der Waals surface area contributed by atoms with Crippen LogP contribution in [-0.2, 0) is 10.8 Å². The summed E-state index contributed by atoms with van der Waals surface area (Å²) in [6, 6.07) is 148. The Morgan fingerprint density at radius 3 is 1.34 bits per heavy atom. The van der Waals surface area contributed by atoms with Crippen LogP contribution >= 0.6 is 11.8 Å². The van der Waals surface area contributed by atoms with Gasteiger partial charge < -0.3 is 24.3 Å². The van der Waals surface area contributed by atoms with Crippen molar-refractivity contribution in [2.24, 2.45) is 0 Å². The van der Waals surface area contributed by atoms with Crippen LogP contribution in [0.2, 0.25) is 0 Å². The number of ether oxygens (including phenoxy) is 1. The van der Waals surface area contributed by atoms with Crippen molar-refractivity contribution in [1.29, 1.82) is 0 Å². The van der Waals surface area contributed by atoms with Gasteiger partial charge in [-0.1, -0.05) is 342 Å². The number of hydrogen-bond donors (Lipinski definition) is 0. The summed E-state index contributed by atoms with van der Waals surface area (Å²) in [4.78, 5) is 12.6. The molecule has 0 unspecified atom stereocenters. The molecule has 0 atom stereocenters. The van der Waals surface area contributed by atoms with Crippen LogP contribution in [0.4, 0.5) is 68.2 Å². The van der Waals surface area contributed by atoms with Crippen molar-refractivity contribution in [1.82, 2.24) is 0 Å². The molecule has 6 aliphatic rings. The Hall–Kier alpha value is -13.8. The summed E-state index contributed by atoms with van der Waals surface area (Å²) in [5, 5.41) is 0. The topological polar surface area (TPSA) is 22.2 Å². The third-order valence-electron chi connectivity index (χ3n) is 24.9. The molecule has 0 fully saturated rings. The first-order valence-electron chi connectivity index (χ1n) is 40.0. The van der Waals surface area contributed by atoms with Crippen molar-refractivity contribution >= 4 is 126 Å². The molecule has 0 amide bonds. The van der Waals surface area contributed by atoms with Crippen molar-refractivity contribution < 1.29 is 4.74 Å². The first-order chi connectivity index (χ1) is 56.7. The van der Waals surface area contributed by atoms with Crippen LogP contribution in [0.1, 0.15) is 48.6 Å². The first kappa shape index (κ1) is 67.0. The monoisotopic (exact) mass is 1480 g/mol. The maximum absolute atomic E-state index is 8.05. The summed E-state index contributed by atoms with van der Waals surface area (Å²) >= 11 is 1.90. The van der Waals surface area contributed by atoms with Gasteiger partial charge in [-0.2, -0.15) is 0 Å². The van der Waals surface area contributed by atoms with Gasteiger partial charge in [-0.3, -0.25) is 0 Å². The molecule has 17 aromatic carbocycles. The standard InChI is InChI=1S/C107H74B2N4OS/c1-106(2,3)73-61-96-103-97(62-73)113(105-79(71-39-14-6-15-40-71)51-34-52-80(105)72-41-16-7-17-42-72)95-67-101-85(65-89(95)108(103)87-55-28-32-59-93(87)111(96)75-45-20-9-21-46-75)107(83-53-26-22-49-81(83)82-50-23-27-54-84(82)107)86-66-90-99(68-102(86)115-101)114-100-64-76(110(74-43-18-8-19-44-74)91-57-30-24-47-77(91)69-35-10-4-11-36-69)63-98-104(100)109(90)88-56-29-33-60-94(88)112(98)92-58-31-25-48-78(92)70-37-12-5-13-38-70/h4-68H,1-3H3. The molecule has 0 saturated carbocycles. The number of rotatable bonds is 10. The highest BCUT2D eigenvalue weighted by molar-refractivity contribution is 7.99. The van der Waals surface area contributed by atoms with Gasteiger partial charge in [0.25, 0.3) is 13.4 Å². The van der Waals surface area contributed by atoms with Crippen molar-refractivity contribution in [3.05, 3.63) is 422 Å². The molecule has 0 saturated heterocycles. The number of nitrogens with zero attached hydrogens (tertiary/aromatic N) is 4. The fourth-order valence-electron chi connectivity index (χ4n) is 20.0. The fraction of sp³-hybridized carbons (Fsp3) is 0.0467. The molecule has 540 valence electrons. The van der Waals surface area contributed by atoms with E-state index in [1.807, 2.05) is 11.8 Å². The van der Waals surface area contributed by atoms with Gasteiger partial charge in [0, 0.05) is 83.6 Å². The zero-order valence-electron chi connectivity index (χ0n) is 63.8. The molecule has 0 N–H and O–H groups in total. The smallest absolute Gasteiger partial charge is 0.256 e. The van der Waals surface area contributed by atoms with Crippen molar-refractivity contribution in [3.8, 4) is 67.1 Å². The number of fused-ring (bicyclic) bond motifs is 17. The van der Waals surface area contributed by atoms with E-state index in [0.717, 1.165) is 123 Å². The largest absolute Gasteiger partial charge is 0.458 e. The molecular formula is C107H74B2N4OS. The summed E-state index contributed by atoms with van der Waals surface area (Å²) in [5.74, 6) is 1.66. The molecule has 17 aromatic rings. The van der Waals surface area contributed by atoms with E-state index in [1.54, 1.807) is 0 Å². The lowest BCUT2D eigenvalue weighted by Crippen LogP contribution is -2.62. The Morgan fingerprint density at radius 2 is 0.739 bits per heavy atom. The Bertz CT molecular complexity index is 6710. The van der Waals surface area contributed by atoms with Gasteiger partial charge >= 0.3 is 0 Å². The molecule has 0 radical (unpaired) electrons. The van der Waals surface area contributed by atoms with Crippen molar-refractivity contribution in [2.75, 3.05) is 19.6 Å². The predicted octanol–water partition coefficient (Wildman–Crippen LogP) is 24.4. The highest BCUT2D eigenvalue weighted by Crippen LogP contribution is 2.64. The Morgan fingerprint density at radius 1 is 0.296 bits per heavy atom. The SMILES string of the molecule is CC(C)(C)c1cc2c3c(c1)N(c1c(-c4ccccc4)cccc1-c1ccccc1)c1cc4c(cc1B3c1ccccc1N2c1ccccc1)C1(c2cc3c(cc2S4)Oc2cc(N(c4ccccc4)c4ccccc4-c4ccccc4)cc4c2B3c2ccccc2N4c2ccccc2-c2ccccc2)c2ccccc2-c2ccccc21. The molecule has 1 spiro atoms. The molecular weight excluding hydrogens is 1410 g/mol. The molecule has 23 rings (SSSR count). The summed E-state index contributed by atoms with van der Waals surface area (Å²) in [6.45, 7) is 6.66. The van der Waals surface area contributed by atoms with E-state index in [2.05, 4.69) is 435 Å². The highest BCUT2D eigenvalue weighted by atomic mass is 32.2. The minimum absolute atomic E-state index is 0.193. The lowest BCUT2D eigenvalue weighted by molar-refractivity contribution is 0.485. The third kappa shape index (κ3) is 10.2. The van der Waals surface area contributed by atoms with Crippen LogP contribution in [-0.4, -0.2) is 13.4 Å². The summed E-state index contributed by atoms with van der Waals surface area (Å²) in [6.07, 6.45) is 0. The number of anilines is 12. The second-order valence-corrected chi connectivity index (χ2v) is 33.2. The highest BCUT2D eigenvalue weighted by Gasteiger charge is 2.55. The van der Waals surface area contributed by atoms with Crippen molar-refractivity contribution in [3.63, 3.8) is 0 Å². The van der Waals surface area contributed by atoms with Crippen LogP contribution in [0.25, 0.3) is 55.6 Å². The second-order valence-electron chi connectivity index (χ2n) is 32.1. The summed E-state index contributed by atoms with van der Waals surface area (Å²) < 4.78 is 8.05. The quantitative estimate of drug-likeness (QED) is 0.126. The zero-order valence-corrected chi connectivity index (χ0v) is 64.6. The van der Waals surface area contributed by atoms with Crippen LogP contribution in [0.15, 0.2) is 404 Å². The molecule has 5 nitrogen and oxygen atoms in total. The molecule has 0 aromatic heterocycles. The summed E-state index contributed by atoms with van der Waals surface area (Å²) in [7, 11) is 0. The van der Waals surface area contributed by atoms with Gasteiger partial charge in [-0.05, 0) is 178 Å². The lowest BCUT2D eigenvalue weighted by Gasteiger charge is -2.47. The molecule has 5 heterocycles. The van der Waals surface area contributed by atoms with E-state index in [0.29, 0.717) is 0 Å². The lowest BCUT2D eigenvalue weighted by atomic mass is 9.33. The fourth-order valence-corrected chi connectivity index (χ4v) is 21.2.